The van der Waals surface area contributed by atoms with Crippen molar-refractivity contribution in [2.45, 2.75) is 18.9 Å². The molecule has 0 radical (unpaired) electrons. The Morgan fingerprint density at radius 3 is 2.50 bits per heavy atom. The van der Waals surface area contributed by atoms with Crippen LogP contribution in [0.1, 0.15) is 12.8 Å². The Labute approximate surface area is 179 Å². The Balaban J connectivity index is 1.66. The van der Waals surface area contributed by atoms with E-state index in [1.54, 1.807) is 11.8 Å². The van der Waals surface area contributed by atoms with Gasteiger partial charge in [-0.3, -0.25) is 0 Å². The normalized spacial score (nSPS) is 14.5. The number of piperidine rings is 1. The minimum absolute atomic E-state index is 0.0836. The zero-order valence-electron chi connectivity index (χ0n) is 16.5. The monoisotopic (exact) mass is 427 g/mol. The second-order valence-electron chi connectivity index (χ2n) is 7.05. The predicted molar refractivity (Wildman–Crippen MR) is 114 cm³/mol. The van der Waals surface area contributed by atoms with Crippen molar-refractivity contribution in [3.05, 3.63) is 59.6 Å². The number of hydrogen-bond donors (Lipinski definition) is 1. The topological polar surface area (TPSA) is 76.8 Å². The van der Waals surface area contributed by atoms with Crippen LogP contribution in [0.2, 0.25) is 5.02 Å². The third-order valence-corrected chi connectivity index (χ3v) is 5.39. The van der Waals surface area contributed by atoms with Crippen LogP contribution in [0.4, 0.5) is 4.79 Å². The number of para-hydroxylation sites is 2. The van der Waals surface area contributed by atoms with Crippen LogP contribution in [0.15, 0.2) is 54.6 Å². The number of amides is 1. The van der Waals surface area contributed by atoms with E-state index in [9.17, 15) is 4.79 Å². The first-order valence-corrected chi connectivity index (χ1v) is 10.1. The fourth-order valence-corrected chi connectivity index (χ4v) is 3.69. The van der Waals surface area contributed by atoms with Crippen molar-refractivity contribution in [3.63, 3.8) is 0 Å². The molecule has 1 amide bonds. The Hall–Kier alpha value is -3.19. The molecule has 156 valence electrons. The summed E-state index contributed by atoms with van der Waals surface area (Å²) >= 11 is 6.06. The third-order valence-electron chi connectivity index (χ3n) is 5.14. The van der Waals surface area contributed by atoms with Crippen LogP contribution in [-0.4, -0.2) is 52.2 Å². The first-order valence-electron chi connectivity index (χ1n) is 9.69. The van der Waals surface area contributed by atoms with Crippen molar-refractivity contribution in [2.75, 3.05) is 20.2 Å². The van der Waals surface area contributed by atoms with Gasteiger partial charge in [0.15, 0.2) is 0 Å². The lowest BCUT2D eigenvalue weighted by molar-refractivity contribution is 0.0868. The summed E-state index contributed by atoms with van der Waals surface area (Å²) in [5.41, 5.74) is 2.57. The standard InChI is InChI=1S/C22H22ClN3O4/c1-29-20-5-3-2-4-18(20)26-19(15-6-8-16(23)9-7-15)14-21(24-26)30-17-10-12-25(13-11-17)22(27)28/h2-9,14,17H,10-13H2,1H3,(H,27,28). The number of nitrogens with zero attached hydrogens (tertiary/aromatic N) is 3. The number of carboxylic acid groups (broad SMARTS) is 1. The number of carbonyl (C=O) groups is 1. The number of methoxy groups -OCH3 is 1. The first kappa shape index (κ1) is 20.1. The van der Waals surface area contributed by atoms with Crippen molar-refractivity contribution >= 4 is 17.7 Å². The lowest BCUT2D eigenvalue weighted by atomic mass is 10.1. The van der Waals surface area contributed by atoms with E-state index in [0.29, 0.717) is 42.6 Å². The van der Waals surface area contributed by atoms with E-state index in [1.165, 1.54) is 4.90 Å². The zero-order chi connectivity index (χ0) is 21.1. The molecule has 3 aromatic rings. The van der Waals surface area contributed by atoms with Crippen LogP contribution >= 0.6 is 11.6 Å². The quantitative estimate of drug-likeness (QED) is 0.637. The molecule has 2 aromatic carbocycles. The Morgan fingerprint density at radius 2 is 1.83 bits per heavy atom. The second-order valence-corrected chi connectivity index (χ2v) is 7.48. The molecule has 8 heteroatoms. The van der Waals surface area contributed by atoms with Gasteiger partial charge in [-0.1, -0.05) is 35.9 Å². The van der Waals surface area contributed by atoms with Gasteiger partial charge < -0.3 is 19.5 Å². The van der Waals surface area contributed by atoms with E-state index >= 15 is 0 Å². The number of hydrogen-bond acceptors (Lipinski definition) is 4. The van der Waals surface area contributed by atoms with Crippen molar-refractivity contribution in [3.8, 4) is 28.6 Å². The molecule has 7 nitrogen and oxygen atoms in total. The van der Waals surface area contributed by atoms with Crippen molar-refractivity contribution < 1.29 is 19.4 Å². The fourth-order valence-electron chi connectivity index (χ4n) is 3.57. The summed E-state index contributed by atoms with van der Waals surface area (Å²) in [4.78, 5) is 12.5. The average Bonchev–Trinajstić information content (AvgIpc) is 3.18. The van der Waals surface area contributed by atoms with Gasteiger partial charge in [0.2, 0.25) is 5.88 Å². The van der Waals surface area contributed by atoms with Gasteiger partial charge in [-0.25, -0.2) is 9.48 Å². The highest BCUT2D eigenvalue weighted by atomic mass is 35.5. The maximum Gasteiger partial charge on any atom is 0.407 e. The molecule has 1 saturated heterocycles. The van der Waals surface area contributed by atoms with E-state index in [1.807, 2.05) is 54.6 Å². The fraction of sp³-hybridized carbons (Fsp3) is 0.273. The van der Waals surface area contributed by atoms with Crippen LogP contribution < -0.4 is 9.47 Å². The van der Waals surface area contributed by atoms with Crippen LogP contribution in [0, 0.1) is 0 Å². The van der Waals surface area contributed by atoms with Gasteiger partial charge in [0.05, 0.1) is 12.8 Å². The summed E-state index contributed by atoms with van der Waals surface area (Å²) in [6, 6.07) is 17.1. The lowest BCUT2D eigenvalue weighted by Gasteiger charge is -2.29. The Kier molecular flexibility index (Phi) is 5.81. The molecule has 1 N–H and O–H groups in total. The van der Waals surface area contributed by atoms with Crippen LogP contribution in [-0.2, 0) is 0 Å². The SMILES string of the molecule is COc1ccccc1-n1nc(OC2CCN(C(=O)O)CC2)cc1-c1ccc(Cl)cc1. The summed E-state index contributed by atoms with van der Waals surface area (Å²) in [6.45, 7) is 0.911. The number of likely N-dealkylation sites (tertiary alicyclic amines) is 1. The number of benzene rings is 2. The second kappa shape index (κ2) is 8.67. The Bertz CT molecular complexity index is 1030. The molecule has 0 saturated carbocycles. The van der Waals surface area contributed by atoms with E-state index < -0.39 is 6.09 Å². The minimum atomic E-state index is -0.890. The van der Waals surface area contributed by atoms with Gasteiger partial charge in [0, 0.05) is 42.6 Å². The van der Waals surface area contributed by atoms with Crippen LogP contribution in [0.5, 0.6) is 11.6 Å². The summed E-state index contributed by atoms with van der Waals surface area (Å²) in [5.74, 6) is 1.18. The first-order chi connectivity index (χ1) is 14.5. The number of halogens is 1. The molecule has 4 rings (SSSR count). The highest BCUT2D eigenvalue weighted by Gasteiger charge is 2.25. The molecule has 0 spiro atoms. The molecule has 0 atom stereocenters. The highest BCUT2D eigenvalue weighted by molar-refractivity contribution is 6.30. The molecule has 1 fully saturated rings. The van der Waals surface area contributed by atoms with E-state index in [2.05, 4.69) is 5.10 Å². The molecular weight excluding hydrogens is 406 g/mol. The minimum Gasteiger partial charge on any atom is -0.494 e. The molecule has 0 bridgehead atoms. The number of ether oxygens (including phenoxy) is 2. The molecule has 1 aliphatic heterocycles. The summed E-state index contributed by atoms with van der Waals surface area (Å²) in [6.07, 6.45) is 0.285. The number of aromatic nitrogens is 2. The van der Waals surface area contributed by atoms with E-state index in [4.69, 9.17) is 26.2 Å². The molecule has 30 heavy (non-hydrogen) atoms. The van der Waals surface area contributed by atoms with Gasteiger partial charge in [0.1, 0.15) is 17.5 Å². The molecule has 0 unspecified atom stereocenters. The van der Waals surface area contributed by atoms with Crippen LogP contribution in [0.3, 0.4) is 0 Å². The molecule has 1 aliphatic rings. The summed E-state index contributed by atoms with van der Waals surface area (Å²) in [7, 11) is 1.62. The molecule has 2 heterocycles. The maximum atomic E-state index is 11.1. The van der Waals surface area contributed by atoms with Gasteiger partial charge in [-0.2, -0.15) is 0 Å². The zero-order valence-corrected chi connectivity index (χ0v) is 17.2. The van der Waals surface area contributed by atoms with E-state index in [0.717, 1.165) is 16.9 Å². The average molecular weight is 428 g/mol. The van der Waals surface area contributed by atoms with E-state index in [-0.39, 0.29) is 6.10 Å². The highest BCUT2D eigenvalue weighted by Crippen LogP contribution is 2.32. The van der Waals surface area contributed by atoms with Gasteiger partial charge in [-0.15, -0.1) is 5.10 Å². The molecule has 0 aliphatic carbocycles. The Morgan fingerprint density at radius 1 is 1.13 bits per heavy atom. The third kappa shape index (κ3) is 4.21. The van der Waals surface area contributed by atoms with Crippen LogP contribution in [0.25, 0.3) is 16.9 Å². The summed E-state index contributed by atoms with van der Waals surface area (Å²) < 4.78 is 13.4. The largest absolute Gasteiger partial charge is 0.494 e. The molecular formula is C22H22ClN3O4. The number of rotatable bonds is 5. The molecule has 1 aromatic heterocycles. The van der Waals surface area contributed by atoms with Gasteiger partial charge in [-0.05, 0) is 24.3 Å². The van der Waals surface area contributed by atoms with Gasteiger partial charge in [0.25, 0.3) is 0 Å². The van der Waals surface area contributed by atoms with Crippen molar-refractivity contribution in [1.82, 2.24) is 14.7 Å². The van der Waals surface area contributed by atoms with Gasteiger partial charge >= 0.3 is 6.09 Å². The van der Waals surface area contributed by atoms with Crippen molar-refractivity contribution in [2.24, 2.45) is 0 Å². The maximum absolute atomic E-state index is 11.1. The lowest BCUT2D eigenvalue weighted by Crippen LogP contribution is -2.41. The summed E-state index contributed by atoms with van der Waals surface area (Å²) in [5, 5.41) is 14.5. The smallest absolute Gasteiger partial charge is 0.407 e. The predicted octanol–water partition coefficient (Wildman–Crippen LogP) is 4.72. The van der Waals surface area contributed by atoms with Crippen molar-refractivity contribution in [1.29, 1.82) is 0 Å².